The first-order valence-electron chi connectivity index (χ1n) is 7.87. The van der Waals surface area contributed by atoms with Crippen molar-refractivity contribution in [3.8, 4) is 10.6 Å². The van der Waals surface area contributed by atoms with Crippen LogP contribution in [0.1, 0.15) is 33.4 Å². The lowest BCUT2D eigenvalue weighted by Crippen LogP contribution is -2.12. The highest BCUT2D eigenvalue weighted by Gasteiger charge is 2.16. The minimum Gasteiger partial charge on any atom is -0.306 e. The van der Waals surface area contributed by atoms with Crippen LogP contribution in [0, 0.1) is 13.8 Å². The summed E-state index contributed by atoms with van der Waals surface area (Å²) in [5.74, 6) is 0.390. The fourth-order valence-corrected chi connectivity index (χ4v) is 3.36. The molecule has 122 valence electrons. The van der Waals surface area contributed by atoms with Gasteiger partial charge in [-0.05, 0) is 43.5 Å². The standard InChI is InChI=1S/C19H19N3OS/c1-4-14-5-7-15(8-6-14)19-21-13(3)17(24-19)18(23)22-16-11-12(2)9-10-20-16/h5-11H,4H2,1-3H3,(H,20,22,23). The van der Waals surface area contributed by atoms with Crippen molar-refractivity contribution in [1.29, 1.82) is 0 Å². The molecule has 5 heteroatoms. The zero-order valence-corrected chi connectivity index (χ0v) is 14.8. The smallest absolute Gasteiger partial charge is 0.268 e. The number of hydrogen-bond acceptors (Lipinski definition) is 4. The molecular formula is C19H19N3OS. The lowest BCUT2D eigenvalue weighted by molar-refractivity contribution is 0.102. The molecule has 1 amide bonds. The lowest BCUT2D eigenvalue weighted by atomic mass is 10.1. The minimum atomic E-state index is -0.167. The Morgan fingerprint density at radius 2 is 1.92 bits per heavy atom. The van der Waals surface area contributed by atoms with Gasteiger partial charge >= 0.3 is 0 Å². The number of aromatic nitrogens is 2. The van der Waals surface area contributed by atoms with Crippen LogP contribution in [0.4, 0.5) is 5.82 Å². The number of anilines is 1. The number of rotatable bonds is 4. The molecule has 1 N–H and O–H groups in total. The van der Waals surface area contributed by atoms with Crippen molar-refractivity contribution in [2.24, 2.45) is 0 Å². The number of thiazole rings is 1. The van der Waals surface area contributed by atoms with Crippen LogP contribution < -0.4 is 5.32 Å². The van der Waals surface area contributed by atoms with Gasteiger partial charge in [0.05, 0.1) is 5.69 Å². The summed E-state index contributed by atoms with van der Waals surface area (Å²) in [6, 6.07) is 12.1. The molecule has 0 bridgehead atoms. The number of carbonyl (C=O) groups excluding carboxylic acids is 1. The molecule has 0 spiro atoms. The van der Waals surface area contributed by atoms with Crippen molar-refractivity contribution in [2.45, 2.75) is 27.2 Å². The molecule has 2 heterocycles. The fourth-order valence-electron chi connectivity index (χ4n) is 2.39. The van der Waals surface area contributed by atoms with Gasteiger partial charge in [-0.1, -0.05) is 31.2 Å². The Labute approximate surface area is 145 Å². The third kappa shape index (κ3) is 3.51. The molecule has 1 aromatic carbocycles. The Morgan fingerprint density at radius 1 is 1.17 bits per heavy atom. The summed E-state index contributed by atoms with van der Waals surface area (Å²) in [6.45, 7) is 5.96. The van der Waals surface area contributed by atoms with Crippen molar-refractivity contribution in [3.63, 3.8) is 0 Å². The van der Waals surface area contributed by atoms with Crippen molar-refractivity contribution in [3.05, 3.63) is 64.3 Å². The van der Waals surface area contributed by atoms with Crippen LogP contribution in [-0.4, -0.2) is 15.9 Å². The molecular weight excluding hydrogens is 318 g/mol. The van der Waals surface area contributed by atoms with E-state index in [0.717, 1.165) is 28.2 Å². The van der Waals surface area contributed by atoms with E-state index in [1.54, 1.807) is 6.20 Å². The predicted octanol–water partition coefficient (Wildman–Crippen LogP) is 4.64. The zero-order valence-electron chi connectivity index (χ0n) is 14.0. The van der Waals surface area contributed by atoms with Gasteiger partial charge in [-0.25, -0.2) is 9.97 Å². The van der Waals surface area contributed by atoms with E-state index in [-0.39, 0.29) is 5.91 Å². The Morgan fingerprint density at radius 3 is 2.58 bits per heavy atom. The monoisotopic (exact) mass is 337 g/mol. The Hall–Kier alpha value is -2.53. The Balaban J connectivity index is 1.83. The summed E-state index contributed by atoms with van der Waals surface area (Å²) in [4.78, 5) is 21.9. The molecule has 0 atom stereocenters. The summed E-state index contributed by atoms with van der Waals surface area (Å²) in [5.41, 5.74) is 4.11. The van der Waals surface area contributed by atoms with E-state index in [1.165, 1.54) is 16.9 Å². The summed E-state index contributed by atoms with van der Waals surface area (Å²) in [7, 11) is 0. The van der Waals surface area contributed by atoms with Crippen LogP contribution in [0.15, 0.2) is 42.6 Å². The number of amides is 1. The highest BCUT2D eigenvalue weighted by molar-refractivity contribution is 7.17. The Kier molecular flexibility index (Phi) is 4.71. The number of nitrogens with one attached hydrogen (secondary N) is 1. The first-order chi connectivity index (χ1) is 11.6. The van der Waals surface area contributed by atoms with Crippen molar-refractivity contribution in [2.75, 3.05) is 5.32 Å². The fraction of sp³-hybridized carbons (Fsp3) is 0.211. The molecule has 0 saturated heterocycles. The van der Waals surface area contributed by atoms with Gasteiger partial charge in [-0.2, -0.15) is 0 Å². The van der Waals surface area contributed by atoms with Gasteiger partial charge < -0.3 is 5.32 Å². The molecule has 0 unspecified atom stereocenters. The van der Waals surface area contributed by atoms with E-state index in [0.29, 0.717) is 10.7 Å². The quantitative estimate of drug-likeness (QED) is 0.755. The SMILES string of the molecule is CCc1ccc(-c2nc(C)c(C(=O)Nc3cc(C)ccn3)s2)cc1. The number of hydrogen-bond donors (Lipinski definition) is 1. The van der Waals surface area contributed by atoms with Crippen molar-refractivity contribution >= 4 is 23.1 Å². The summed E-state index contributed by atoms with van der Waals surface area (Å²) in [6.07, 6.45) is 2.69. The largest absolute Gasteiger partial charge is 0.306 e. The molecule has 0 aliphatic rings. The molecule has 4 nitrogen and oxygen atoms in total. The van der Waals surface area contributed by atoms with Crippen molar-refractivity contribution in [1.82, 2.24) is 9.97 Å². The Bertz CT molecular complexity index is 869. The van der Waals surface area contributed by atoms with E-state index < -0.39 is 0 Å². The third-order valence-electron chi connectivity index (χ3n) is 3.77. The van der Waals surface area contributed by atoms with Crippen LogP contribution in [0.25, 0.3) is 10.6 Å². The van der Waals surface area contributed by atoms with Gasteiger partial charge in [0.25, 0.3) is 5.91 Å². The average Bonchev–Trinajstić information content (AvgIpc) is 2.97. The minimum absolute atomic E-state index is 0.167. The second kappa shape index (κ2) is 6.93. The first-order valence-corrected chi connectivity index (χ1v) is 8.69. The van der Waals surface area contributed by atoms with E-state index in [4.69, 9.17) is 0 Å². The molecule has 2 aromatic heterocycles. The van der Waals surface area contributed by atoms with Gasteiger partial charge in [0, 0.05) is 11.8 Å². The van der Waals surface area contributed by atoms with Crippen LogP contribution >= 0.6 is 11.3 Å². The summed E-state index contributed by atoms with van der Waals surface area (Å²) >= 11 is 1.41. The summed E-state index contributed by atoms with van der Waals surface area (Å²) in [5, 5.41) is 3.70. The molecule has 3 rings (SSSR count). The van der Waals surface area contributed by atoms with Crippen molar-refractivity contribution < 1.29 is 4.79 Å². The molecule has 0 fully saturated rings. The molecule has 3 aromatic rings. The molecule has 0 radical (unpaired) electrons. The van der Waals surface area contributed by atoms with Gasteiger partial charge in [-0.15, -0.1) is 11.3 Å². The maximum Gasteiger partial charge on any atom is 0.268 e. The second-order valence-corrected chi connectivity index (χ2v) is 6.66. The predicted molar refractivity (Wildman–Crippen MR) is 98.6 cm³/mol. The van der Waals surface area contributed by atoms with Gasteiger partial charge in [0.15, 0.2) is 0 Å². The van der Waals surface area contributed by atoms with Crippen LogP contribution in [0.2, 0.25) is 0 Å². The van der Waals surface area contributed by atoms with Crippen LogP contribution in [0.5, 0.6) is 0 Å². The summed E-state index contributed by atoms with van der Waals surface area (Å²) < 4.78 is 0. The van der Waals surface area contributed by atoms with E-state index in [2.05, 4.69) is 46.5 Å². The lowest BCUT2D eigenvalue weighted by Gasteiger charge is -2.03. The average molecular weight is 337 g/mol. The van der Waals surface area contributed by atoms with Gasteiger partial charge in [0.1, 0.15) is 15.7 Å². The molecule has 24 heavy (non-hydrogen) atoms. The second-order valence-electron chi connectivity index (χ2n) is 5.66. The molecule has 0 aliphatic carbocycles. The maximum atomic E-state index is 12.5. The highest BCUT2D eigenvalue weighted by Crippen LogP contribution is 2.28. The van der Waals surface area contributed by atoms with E-state index >= 15 is 0 Å². The number of pyridine rings is 1. The van der Waals surface area contributed by atoms with Gasteiger partial charge in [-0.3, -0.25) is 4.79 Å². The normalized spacial score (nSPS) is 10.6. The van der Waals surface area contributed by atoms with E-state index in [1.807, 2.05) is 26.0 Å². The van der Waals surface area contributed by atoms with E-state index in [9.17, 15) is 4.79 Å². The van der Waals surface area contributed by atoms with Gasteiger partial charge in [0.2, 0.25) is 0 Å². The number of carbonyl (C=O) groups is 1. The molecule has 0 saturated carbocycles. The number of benzene rings is 1. The maximum absolute atomic E-state index is 12.5. The number of aryl methyl sites for hydroxylation is 3. The zero-order chi connectivity index (χ0) is 17.1. The number of nitrogens with zero attached hydrogens (tertiary/aromatic N) is 2. The first kappa shape index (κ1) is 16.3. The topological polar surface area (TPSA) is 54.9 Å². The van der Waals surface area contributed by atoms with Crippen LogP contribution in [-0.2, 0) is 6.42 Å². The third-order valence-corrected chi connectivity index (χ3v) is 4.97. The highest BCUT2D eigenvalue weighted by atomic mass is 32.1. The molecule has 0 aliphatic heterocycles. The van der Waals surface area contributed by atoms with Crippen LogP contribution in [0.3, 0.4) is 0 Å².